The van der Waals surface area contributed by atoms with Crippen molar-refractivity contribution in [3.05, 3.63) is 0 Å². The van der Waals surface area contributed by atoms with Gasteiger partial charge in [0, 0.05) is 0 Å². The maximum atomic E-state index is 13.5. The summed E-state index contributed by atoms with van der Waals surface area (Å²) in [7, 11) is 0. The Kier molecular flexibility index (Phi) is 18.6. The van der Waals surface area contributed by atoms with E-state index in [1.807, 2.05) is 0 Å². The number of halogens is 24. The van der Waals surface area contributed by atoms with Gasteiger partial charge in [-0.1, -0.05) is 0 Å². The molecule has 0 aliphatic heterocycles. The van der Waals surface area contributed by atoms with Crippen LogP contribution >= 0.6 is 0 Å². The summed E-state index contributed by atoms with van der Waals surface area (Å²) in [6.07, 6.45) is -64.6. The molecule has 0 unspecified atom stereocenters. The molecule has 0 N–H and O–H groups in total. The molecule has 0 bridgehead atoms. The van der Waals surface area contributed by atoms with Crippen molar-refractivity contribution in [2.45, 2.75) is 75.2 Å². The van der Waals surface area contributed by atoms with E-state index >= 15 is 0 Å². The minimum absolute atomic E-state index is 2.37. The third-order valence-corrected chi connectivity index (χ3v) is 5.77. The molecule has 0 aromatic carbocycles. The van der Waals surface area contributed by atoms with Crippen molar-refractivity contribution in [3.63, 3.8) is 0 Å². The topological polar surface area (TPSA) is 64.6 Å². The second-order valence-corrected chi connectivity index (χ2v) is 10.4. The zero-order valence-corrected chi connectivity index (χ0v) is 25.0. The van der Waals surface area contributed by atoms with Gasteiger partial charge in [-0.3, -0.25) is 0 Å². The van der Waals surface area contributed by atoms with E-state index in [2.05, 4.69) is 33.2 Å². The second-order valence-electron chi connectivity index (χ2n) is 10.4. The highest BCUT2D eigenvalue weighted by molar-refractivity contribution is 4.86. The molecule has 0 radical (unpaired) electrons. The Hall–Kier alpha value is -1.96. The molecule has 0 aromatic rings. The first kappa shape index (κ1) is 51.0. The van der Waals surface area contributed by atoms with Gasteiger partial charge in [0.1, 0.15) is 0 Å². The molecule has 0 spiro atoms. The van der Waals surface area contributed by atoms with Crippen molar-refractivity contribution in [2.24, 2.45) is 10.8 Å². The molecule has 0 aromatic heterocycles. The van der Waals surface area contributed by atoms with Crippen LogP contribution in [0.2, 0.25) is 0 Å². The zero-order valence-electron chi connectivity index (χ0n) is 25.0. The molecule has 7 nitrogen and oxygen atoms in total. The molecule has 0 amide bonds. The molecule has 0 fully saturated rings. The van der Waals surface area contributed by atoms with Crippen LogP contribution in [-0.2, 0) is 33.2 Å². The lowest BCUT2D eigenvalue weighted by Crippen LogP contribution is -2.51. The van der Waals surface area contributed by atoms with Crippen molar-refractivity contribution in [1.29, 1.82) is 0 Å². The first-order chi connectivity index (χ1) is 23.6. The van der Waals surface area contributed by atoms with Crippen LogP contribution in [0.3, 0.4) is 0 Å². The fourth-order valence-corrected chi connectivity index (χ4v) is 2.86. The van der Waals surface area contributed by atoms with Crippen LogP contribution in [0, 0.1) is 10.8 Å². The van der Waals surface area contributed by atoms with Crippen molar-refractivity contribution in [2.75, 3.05) is 52.9 Å². The number of hydrogen-bond donors (Lipinski definition) is 0. The molecule has 31 heteroatoms. The van der Waals surface area contributed by atoms with Gasteiger partial charge in [0.2, 0.25) is 0 Å². The highest BCUT2D eigenvalue weighted by Crippen LogP contribution is 2.38. The Labute approximate surface area is 278 Å². The molecule has 0 atom stereocenters. The molecule has 0 saturated heterocycles. The lowest BCUT2D eigenvalue weighted by molar-refractivity contribution is -0.356. The van der Waals surface area contributed by atoms with Crippen LogP contribution in [0.15, 0.2) is 0 Å². The highest BCUT2D eigenvalue weighted by Gasteiger charge is 2.54. The van der Waals surface area contributed by atoms with Crippen LogP contribution in [0.1, 0.15) is 0 Å². The van der Waals surface area contributed by atoms with Crippen molar-refractivity contribution in [1.82, 2.24) is 0 Å². The molecule has 320 valence electrons. The lowest BCUT2D eigenvalue weighted by atomic mass is 9.90. The van der Waals surface area contributed by atoms with Gasteiger partial charge < -0.3 is 33.2 Å². The maximum absolute atomic E-state index is 13.5. The molecular formula is C22H22F24O7. The predicted octanol–water partition coefficient (Wildman–Crippen LogP) is 8.22. The summed E-state index contributed by atoms with van der Waals surface area (Å²) in [5, 5.41) is 0. The van der Waals surface area contributed by atoms with E-state index in [1.54, 1.807) is 0 Å². The van der Waals surface area contributed by atoms with Gasteiger partial charge in [0.05, 0.1) is 63.7 Å². The molecule has 0 rings (SSSR count). The van der Waals surface area contributed by atoms with Crippen LogP contribution in [-0.4, -0.2) is 128 Å². The van der Waals surface area contributed by atoms with Gasteiger partial charge in [0.15, 0.2) is 0 Å². The molecule has 53 heavy (non-hydrogen) atoms. The number of ether oxygens (including phenoxy) is 7. The quantitative estimate of drug-likeness (QED) is 0.0736. The van der Waals surface area contributed by atoms with Gasteiger partial charge >= 0.3 is 75.2 Å². The Morgan fingerprint density at radius 2 is 0.377 bits per heavy atom. The van der Waals surface area contributed by atoms with Crippen LogP contribution in [0.25, 0.3) is 0 Å². The van der Waals surface area contributed by atoms with Gasteiger partial charge in [-0.2, -0.15) is 52.7 Å². The first-order valence-electron chi connectivity index (χ1n) is 13.0. The zero-order chi connectivity index (χ0) is 42.1. The Bertz CT molecular complexity index is 863. The maximum Gasteiger partial charge on any atom is 0.416 e. The number of alkyl halides is 24. The smallest absolute Gasteiger partial charge is 0.380 e. The summed E-state index contributed by atoms with van der Waals surface area (Å²) in [5.41, 5.74) is -7.67. The first-order valence-corrected chi connectivity index (χ1v) is 13.0. The summed E-state index contributed by atoms with van der Waals surface area (Å²) < 4.78 is 339. The molecule has 0 saturated carbocycles. The van der Waals surface area contributed by atoms with Gasteiger partial charge in [0.25, 0.3) is 0 Å². The van der Waals surface area contributed by atoms with E-state index in [-0.39, 0.29) is 0 Å². The summed E-state index contributed by atoms with van der Waals surface area (Å²) >= 11 is 0. The van der Waals surface area contributed by atoms with Gasteiger partial charge in [-0.05, 0) is 0 Å². The molecule has 0 heterocycles. The van der Waals surface area contributed by atoms with Crippen molar-refractivity contribution in [3.8, 4) is 0 Å². The standard InChI is InChI=1S/C22H22F24O7/c23-9(24)17(35,36)48-3-15(4-49-18(37,38)10(25)26,5-50-19(39,40)11(27)28)1-47-2-16(6-51-20(41,42)12(29)30,7-52-21(43,44)13(31)32)8-53-22(45,46)14(33)34/h9-14H,1-8H2. The minimum atomic E-state index is -5.82. The fourth-order valence-electron chi connectivity index (χ4n) is 2.86. The SMILES string of the molecule is FC(F)C(F)(F)OCC(COCC(COC(F)(F)C(F)F)(COC(F)(F)C(F)F)COC(F)(F)C(F)F)(COC(F)(F)C(F)F)COC(F)(F)C(F)F. The minimum Gasteiger partial charge on any atom is -0.380 e. The summed E-state index contributed by atoms with van der Waals surface area (Å²) in [6.45, 7) is -20.4. The third kappa shape index (κ3) is 16.4. The predicted molar refractivity (Wildman–Crippen MR) is 117 cm³/mol. The summed E-state index contributed by atoms with van der Waals surface area (Å²) in [4.78, 5) is 0. The fraction of sp³-hybridized carbons (Fsp3) is 1.00. The molecule has 0 aliphatic rings. The average Bonchev–Trinajstić information content (AvgIpc) is 3.01. The summed E-state index contributed by atoms with van der Waals surface area (Å²) in [6, 6.07) is 0. The van der Waals surface area contributed by atoms with Crippen molar-refractivity contribution < 1.29 is 139 Å². The monoisotopic (exact) mass is 854 g/mol. The van der Waals surface area contributed by atoms with E-state index in [0.717, 1.165) is 0 Å². The molecule has 0 aliphatic carbocycles. The van der Waals surface area contributed by atoms with E-state index < -0.39 is 139 Å². The lowest BCUT2D eigenvalue weighted by Gasteiger charge is -2.39. The number of rotatable bonds is 28. The Morgan fingerprint density at radius 1 is 0.245 bits per heavy atom. The Morgan fingerprint density at radius 3 is 0.491 bits per heavy atom. The normalized spacial score (nSPS) is 15.1. The third-order valence-electron chi connectivity index (χ3n) is 5.77. The Balaban J connectivity index is 7.23. The van der Waals surface area contributed by atoms with E-state index in [1.165, 1.54) is 0 Å². The van der Waals surface area contributed by atoms with Crippen LogP contribution < -0.4 is 0 Å². The largest absolute Gasteiger partial charge is 0.416 e. The van der Waals surface area contributed by atoms with Crippen LogP contribution in [0.4, 0.5) is 105 Å². The van der Waals surface area contributed by atoms with E-state index in [9.17, 15) is 105 Å². The molecular weight excluding hydrogens is 832 g/mol. The van der Waals surface area contributed by atoms with Gasteiger partial charge in [-0.15, -0.1) is 0 Å². The van der Waals surface area contributed by atoms with Crippen molar-refractivity contribution >= 4 is 0 Å². The van der Waals surface area contributed by atoms with Crippen LogP contribution in [0.5, 0.6) is 0 Å². The van der Waals surface area contributed by atoms with E-state index in [0.29, 0.717) is 0 Å². The second kappa shape index (κ2) is 19.3. The van der Waals surface area contributed by atoms with Gasteiger partial charge in [-0.25, -0.2) is 52.7 Å². The average molecular weight is 854 g/mol. The van der Waals surface area contributed by atoms with E-state index in [4.69, 9.17) is 0 Å². The number of hydrogen-bond acceptors (Lipinski definition) is 7. The summed E-state index contributed by atoms with van der Waals surface area (Å²) in [5.74, 6) is 0. The highest BCUT2D eigenvalue weighted by atomic mass is 19.4.